The molecule has 5 aromatic rings. The maximum atomic E-state index is 15.3. The summed E-state index contributed by atoms with van der Waals surface area (Å²) in [7, 11) is 3.36. The van der Waals surface area contributed by atoms with Crippen molar-refractivity contribution in [2.75, 3.05) is 40.0 Å². The van der Waals surface area contributed by atoms with Crippen molar-refractivity contribution in [3.63, 3.8) is 0 Å². The molecular formula is C44H41ClN6O4. The maximum absolute atomic E-state index is 15.3. The Hall–Kier alpha value is -5.91. The molecule has 10 nitrogen and oxygen atoms in total. The standard InChI is InChI=1S/C44H41ClN6O4/c1-28-40(43(52)48-25-32-10-6-5-9-31(32)23-46)41(29-12-14-35(45)15-13-29)42(49(28)2)37-22-39(54-3)34(24-47)21-38(37)44(53)51-26-33-11-7-4-8-30(33)20-36(51)27-50-16-18-55-19-17-50/h4-15,21-22,36H,16-20,25-27H2,1-3H3,(H,48,52)/t36-/m0/s1. The van der Waals surface area contributed by atoms with Crippen molar-refractivity contribution in [1.29, 1.82) is 10.5 Å². The monoisotopic (exact) mass is 752 g/mol. The van der Waals surface area contributed by atoms with E-state index in [1.165, 1.54) is 12.7 Å². The Balaban J connectivity index is 1.39. The van der Waals surface area contributed by atoms with Crippen LogP contribution in [-0.2, 0) is 31.3 Å². The van der Waals surface area contributed by atoms with Gasteiger partial charge in [0.2, 0.25) is 0 Å². The van der Waals surface area contributed by atoms with E-state index in [-0.39, 0.29) is 30.0 Å². The van der Waals surface area contributed by atoms with E-state index in [4.69, 9.17) is 21.1 Å². The van der Waals surface area contributed by atoms with Crippen molar-refractivity contribution < 1.29 is 19.1 Å². The zero-order valence-electron chi connectivity index (χ0n) is 31.1. The number of nitriles is 2. The van der Waals surface area contributed by atoms with Crippen molar-refractivity contribution >= 4 is 23.4 Å². The van der Waals surface area contributed by atoms with Gasteiger partial charge in [0.05, 0.1) is 54.3 Å². The number of carbonyl (C=O) groups is 2. The highest BCUT2D eigenvalue weighted by Crippen LogP contribution is 2.43. The Labute approximate surface area is 326 Å². The van der Waals surface area contributed by atoms with Crippen LogP contribution in [0.4, 0.5) is 0 Å². The van der Waals surface area contributed by atoms with Gasteiger partial charge in [-0.05, 0) is 65.9 Å². The third kappa shape index (κ3) is 7.45. The quantitative estimate of drug-likeness (QED) is 0.174. The number of aromatic nitrogens is 1. The first-order chi connectivity index (χ1) is 26.7. The second-order valence-corrected chi connectivity index (χ2v) is 14.3. The lowest BCUT2D eigenvalue weighted by Gasteiger charge is -2.40. The van der Waals surface area contributed by atoms with Crippen molar-refractivity contribution in [1.82, 2.24) is 19.7 Å². The van der Waals surface area contributed by atoms with Crippen LogP contribution in [0.25, 0.3) is 22.4 Å². The summed E-state index contributed by atoms with van der Waals surface area (Å²) in [5.41, 5.74) is 7.53. The number of ether oxygens (including phenoxy) is 2. The fraction of sp³-hybridized carbons (Fsp3) is 0.273. The average molecular weight is 753 g/mol. The van der Waals surface area contributed by atoms with E-state index >= 15 is 4.79 Å². The van der Waals surface area contributed by atoms with Gasteiger partial charge in [-0.1, -0.05) is 66.2 Å². The van der Waals surface area contributed by atoms with Crippen LogP contribution in [0.2, 0.25) is 5.02 Å². The molecule has 0 bridgehead atoms. The molecule has 55 heavy (non-hydrogen) atoms. The molecule has 4 aromatic carbocycles. The highest BCUT2D eigenvalue weighted by atomic mass is 35.5. The van der Waals surface area contributed by atoms with Crippen LogP contribution in [0.15, 0.2) is 84.9 Å². The number of benzene rings is 4. The Morgan fingerprint density at radius 1 is 0.945 bits per heavy atom. The van der Waals surface area contributed by atoms with Gasteiger partial charge in [-0.2, -0.15) is 10.5 Å². The number of nitrogens with zero attached hydrogens (tertiary/aromatic N) is 5. The first-order valence-electron chi connectivity index (χ1n) is 18.2. The van der Waals surface area contributed by atoms with Crippen LogP contribution in [0, 0.1) is 29.6 Å². The van der Waals surface area contributed by atoms with Crippen molar-refractivity contribution in [3.8, 4) is 40.3 Å². The lowest BCUT2D eigenvalue weighted by atomic mass is 9.90. The van der Waals surface area contributed by atoms with Crippen LogP contribution in [-0.4, -0.2) is 72.2 Å². The number of hydrogen-bond donors (Lipinski definition) is 1. The number of rotatable bonds is 9. The molecule has 1 fully saturated rings. The smallest absolute Gasteiger partial charge is 0.255 e. The van der Waals surface area contributed by atoms with Crippen molar-refractivity contribution in [3.05, 3.63) is 135 Å². The molecule has 2 aliphatic rings. The highest BCUT2D eigenvalue weighted by molar-refractivity contribution is 6.30. The van der Waals surface area contributed by atoms with Gasteiger partial charge in [-0.3, -0.25) is 14.5 Å². The topological polar surface area (TPSA) is 124 Å². The fourth-order valence-electron chi connectivity index (χ4n) is 7.77. The van der Waals surface area contributed by atoms with Crippen LogP contribution in [0.1, 0.15) is 54.2 Å². The minimum Gasteiger partial charge on any atom is -0.495 e. The SMILES string of the molecule is COc1cc(-c2c(-c3ccc(Cl)cc3)c(C(=O)NCc3ccccc3C#N)c(C)n2C)c(C(=O)N2Cc3ccccc3C[C@H]2CN2CCOCC2)cc1C#N. The zero-order chi connectivity index (χ0) is 38.6. The first-order valence-corrected chi connectivity index (χ1v) is 18.6. The number of methoxy groups -OCH3 is 1. The molecule has 0 saturated carbocycles. The number of hydrogen-bond acceptors (Lipinski definition) is 7. The number of amides is 2. The van der Waals surface area contributed by atoms with E-state index in [1.54, 1.807) is 36.4 Å². The van der Waals surface area contributed by atoms with E-state index in [2.05, 4.69) is 34.5 Å². The van der Waals surface area contributed by atoms with Gasteiger partial charge in [-0.15, -0.1) is 0 Å². The van der Waals surface area contributed by atoms with E-state index in [0.717, 1.165) is 18.7 Å². The molecule has 0 aliphatic carbocycles. The summed E-state index contributed by atoms with van der Waals surface area (Å²) in [6.07, 6.45) is 0.689. The summed E-state index contributed by atoms with van der Waals surface area (Å²) in [4.78, 5) is 33.9. The highest BCUT2D eigenvalue weighted by Gasteiger charge is 2.35. The number of carbonyl (C=O) groups excluding carboxylic acids is 2. The molecule has 1 N–H and O–H groups in total. The number of halogens is 1. The molecular weight excluding hydrogens is 712 g/mol. The van der Waals surface area contributed by atoms with Gasteiger partial charge in [0.25, 0.3) is 11.8 Å². The van der Waals surface area contributed by atoms with Crippen LogP contribution in [0.5, 0.6) is 5.75 Å². The summed E-state index contributed by atoms with van der Waals surface area (Å²) in [5, 5.41) is 23.5. The van der Waals surface area contributed by atoms with Gasteiger partial charge < -0.3 is 24.3 Å². The van der Waals surface area contributed by atoms with Crippen LogP contribution < -0.4 is 10.1 Å². The molecule has 3 heterocycles. The Kier molecular flexibility index (Phi) is 11.0. The number of nitrogens with one attached hydrogen (secondary N) is 1. The predicted octanol–water partition coefficient (Wildman–Crippen LogP) is 6.90. The molecule has 11 heteroatoms. The third-order valence-corrected chi connectivity index (χ3v) is 11.0. The normalized spacial score (nSPS) is 15.5. The third-order valence-electron chi connectivity index (χ3n) is 10.8. The predicted molar refractivity (Wildman–Crippen MR) is 211 cm³/mol. The molecule has 0 spiro atoms. The van der Waals surface area contributed by atoms with Crippen molar-refractivity contribution in [2.45, 2.75) is 32.5 Å². The summed E-state index contributed by atoms with van der Waals surface area (Å²) in [6, 6.07) is 30.3. The number of fused-ring (bicyclic) bond motifs is 1. The van der Waals surface area contributed by atoms with Crippen LogP contribution >= 0.6 is 11.6 Å². The Morgan fingerprint density at radius 2 is 1.64 bits per heavy atom. The van der Waals surface area contributed by atoms with Gasteiger partial charge in [0.1, 0.15) is 11.8 Å². The second kappa shape index (κ2) is 16.2. The Bertz CT molecular complexity index is 2350. The second-order valence-electron chi connectivity index (χ2n) is 13.9. The average Bonchev–Trinajstić information content (AvgIpc) is 3.48. The van der Waals surface area contributed by atoms with E-state index < -0.39 is 0 Å². The largest absolute Gasteiger partial charge is 0.495 e. The summed E-state index contributed by atoms with van der Waals surface area (Å²) in [5.74, 6) is -0.256. The molecule has 7 rings (SSSR count). The molecule has 1 atom stereocenters. The summed E-state index contributed by atoms with van der Waals surface area (Å²) < 4.78 is 13.3. The van der Waals surface area contributed by atoms with Gasteiger partial charge in [0, 0.05) is 67.7 Å². The van der Waals surface area contributed by atoms with E-state index in [1.807, 2.05) is 59.8 Å². The molecule has 0 unspecified atom stereocenters. The minimum absolute atomic E-state index is 0.135. The molecule has 1 aromatic heterocycles. The minimum atomic E-state index is -0.344. The van der Waals surface area contributed by atoms with Gasteiger partial charge >= 0.3 is 0 Å². The van der Waals surface area contributed by atoms with Gasteiger partial charge in [-0.25, -0.2) is 0 Å². The van der Waals surface area contributed by atoms with Crippen molar-refractivity contribution in [2.24, 2.45) is 7.05 Å². The fourth-order valence-corrected chi connectivity index (χ4v) is 7.90. The van der Waals surface area contributed by atoms with Crippen LogP contribution in [0.3, 0.4) is 0 Å². The molecule has 2 amide bonds. The zero-order valence-corrected chi connectivity index (χ0v) is 31.8. The molecule has 1 saturated heterocycles. The van der Waals surface area contributed by atoms with Gasteiger partial charge in [0.15, 0.2) is 0 Å². The molecule has 2 aliphatic heterocycles. The van der Waals surface area contributed by atoms with E-state index in [0.29, 0.717) is 93.8 Å². The molecule has 0 radical (unpaired) electrons. The molecule has 278 valence electrons. The summed E-state index contributed by atoms with van der Waals surface area (Å²) in [6.45, 7) is 5.95. The summed E-state index contributed by atoms with van der Waals surface area (Å²) >= 11 is 6.37. The Morgan fingerprint density at radius 3 is 2.35 bits per heavy atom. The first kappa shape index (κ1) is 37.4. The maximum Gasteiger partial charge on any atom is 0.255 e. The van der Waals surface area contributed by atoms with E-state index in [9.17, 15) is 15.3 Å². The number of morpholine rings is 1. The lowest BCUT2D eigenvalue weighted by Crippen LogP contribution is -2.52. The lowest BCUT2D eigenvalue weighted by molar-refractivity contribution is 0.0193.